The summed E-state index contributed by atoms with van der Waals surface area (Å²) < 4.78 is 2.02. The van der Waals surface area contributed by atoms with Crippen molar-refractivity contribution in [3.63, 3.8) is 0 Å². The fourth-order valence-corrected chi connectivity index (χ4v) is 5.20. The van der Waals surface area contributed by atoms with Gasteiger partial charge in [-0.15, -0.1) is 10.2 Å². The number of rotatable bonds is 7. The highest BCUT2D eigenvalue weighted by atomic mass is 32.2. The van der Waals surface area contributed by atoms with Crippen LogP contribution in [0, 0.1) is 12.3 Å². The lowest BCUT2D eigenvalue weighted by Gasteiger charge is -2.18. The van der Waals surface area contributed by atoms with Gasteiger partial charge < -0.3 is 10.3 Å². The first-order chi connectivity index (χ1) is 18.6. The zero-order valence-corrected chi connectivity index (χ0v) is 23.5. The Morgan fingerprint density at radius 3 is 2.44 bits per heavy atom. The van der Waals surface area contributed by atoms with Crippen LogP contribution in [-0.4, -0.2) is 36.7 Å². The monoisotopic (exact) mass is 537 g/mol. The van der Waals surface area contributed by atoms with Gasteiger partial charge in [0.2, 0.25) is 5.91 Å². The Hall–Kier alpha value is -4.17. The molecule has 1 amide bonds. The summed E-state index contributed by atoms with van der Waals surface area (Å²) in [5.41, 5.74) is 4.74. The van der Waals surface area contributed by atoms with Crippen LogP contribution in [0.15, 0.2) is 84.1 Å². The Labute approximate surface area is 232 Å². The number of benzene rings is 3. The van der Waals surface area contributed by atoms with E-state index >= 15 is 0 Å². The summed E-state index contributed by atoms with van der Waals surface area (Å²) in [6.45, 7) is 9.50. The minimum absolute atomic E-state index is 0.0267. The van der Waals surface area contributed by atoms with E-state index in [1.165, 1.54) is 11.8 Å². The van der Waals surface area contributed by atoms with Gasteiger partial charge in [0, 0.05) is 45.0 Å². The summed E-state index contributed by atoms with van der Waals surface area (Å²) in [6, 6.07) is 23.3. The van der Waals surface area contributed by atoms with Crippen LogP contribution in [0.2, 0.25) is 0 Å². The van der Waals surface area contributed by atoms with E-state index in [1.807, 2.05) is 81.8 Å². The van der Waals surface area contributed by atoms with Crippen LogP contribution in [0.5, 0.6) is 0 Å². The molecule has 5 aromatic rings. The van der Waals surface area contributed by atoms with E-state index in [1.54, 1.807) is 24.3 Å². The van der Waals surface area contributed by atoms with E-state index in [0.29, 0.717) is 22.2 Å². The van der Waals surface area contributed by atoms with Crippen molar-refractivity contribution in [2.24, 2.45) is 5.41 Å². The number of para-hydroxylation sites is 1. The third-order valence-electron chi connectivity index (χ3n) is 6.48. The maximum Gasteiger partial charge on any atom is 0.229 e. The van der Waals surface area contributed by atoms with Gasteiger partial charge in [-0.3, -0.25) is 14.2 Å². The third kappa shape index (κ3) is 5.52. The first kappa shape index (κ1) is 26.4. The molecule has 7 nitrogen and oxygen atoms in total. The molecule has 2 heterocycles. The second kappa shape index (κ2) is 10.5. The zero-order valence-electron chi connectivity index (χ0n) is 22.6. The second-order valence-corrected chi connectivity index (χ2v) is 11.9. The van der Waals surface area contributed by atoms with Crippen LogP contribution in [0.1, 0.15) is 43.6 Å². The predicted octanol–water partition coefficient (Wildman–Crippen LogP) is 7.07. The molecule has 0 saturated carbocycles. The Balaban J connectivity index is 1.44. The fourth-order valence-electron chi connectivity index (χ4n) is 4.26. The molecule has 0 aliphatic heterocycles. The maximum atomic E-state index is 13.4. The lowest BCUT2D eigenvalue weighted by Crippen LogP contribution is -2.27. The maximum absolute atomic E-state index is 13.4. The molecular formula is C31H31N5O2S. The van der Waals surface area contributed by atoms with Gasteiger partial charge >= 0.3 is 0 Å². The summed E-state index contributed by atoms with van der Waals surface area (Å²) >= 11 is 1.38. The van der Waals surface area contributed by atoms with Gasteiger partial charge in [0.05, 0.1) is 5.25 Å². The molecule has 3 aromatic carbocycles. The van der Waals surface area contributed by atoms with Gasteiger partial charge in [-0.05, 0) is 61.9 Å². The number of hydrogen-bond donors (Lipinski definition) is 2. The quantitative estimate of drug-likeness (QED) is 0.171. The average Bonchev–Trinajstić information content (AvgIpc) is 3.52. The first-order valence-electron chi connectivity index (χ1n) is 12.8. The van der Waals surface area contributed by atoms with Gasteiger partial charge in [0.15, 0.2) is 16.8 Å². The number of fused-ring (bicyclic) bond motifs is 1. The van der Waals surface area contributed by atoms with Crippen molar-refractivity contribution in [1.29, 1.82) is 0 Å². The second-order valence-electron chi connectivity index (χ2n) is 10.6. The van der Waals surface area contributed by atoms with Crippen LogP contribution in [0.25, 0.3) is 28.0 Å². The SMILES string of the molecule is Cc1cccc(-n2c(SC(C)C(=O)c3ccc(NC(=O)C(C)(C)C)cc3)nnc2-c2c[nH]c3ccccc23)c1. The lowest BCUT2D eigenvalue weighted by atomic mass is 9.95. The molecule has 0 bridgehead atoms. The van der Waals surface area contributed by atoms with E-state index in [4.69, 9.17) is 0 Å². The van der Waals surface area contributed by atoms with Crippen molar-refractivity contribution in [1.82, 2.24) is 19.7 Å². The molecule has 2 aromatic heterocycles. The van der Waals surface area contributed by atoms with E-state index < -0.39 is 10.7 Å². The summed E-state index contributed by atoms with van der Waals surface area (Å²) in [5.74, 6) is 0.604. The van der Waals surface area contributed by atoms with Gasteiger partial charge in [0.1, 0.15) is 0 Å². The Bertz CT molecular complexity index is 1660. The van der Waals surface area contributed by atoms with Gasteiger partial charge in [-0.2, -0.15) is 0 Å². The van der Waals surface area contributed by atoms with Crippen molar-refractivity contribution in [2.45, 2.75) is 45.0 Å². The zero-order chi connectivity index (χ0) is 27.7. The lowest BCUT2D eigenvalue weighted by molar-refractivity contribution is -0.123. The molecule has 2 N–H and O–H groups in total. The molecule has 5 rings (SSSR count). The summed E-state index contributed by atoms with van der Waals surface area (Å²) in [5, 5.41) is 13.3. The molecule has 39 heavy (non-hydrogen) atoms. The number of anilines is 1. The molecule has 198 valence electrons. The van der Waals surface area contributed by atoms with Crippen molar-refractivity contribution >= 4 is 40.0 Å². The van der Waals surface area contributed by atoms with Crippen molar-refractivity contribution in [3.8, 4) is 17.1 Å². The standard InChI is InChI=1S/C31H31N5O2S/c1-19-9-8-10-23(17-19)36-28(25-18-32-26-12-7-6-11-24(25)26)34-35-30(36)39-20(2)27(37)21-13-15-22(16-14-21)33-29(38)31(3,4)5/h6-18,20,32H,1-5H3,(H,33,38). The largest absolute Gasteiger partial charge is 0.360 e. The van der Waals surface area contributed by atoms with Crippen molar-refractivity contribution in [2.75, 3.05) is 5.32 Å². The number of nitrogens with one attached hydrogen (secondary N) is 2. The Kier molecular flexibility index (Phi) is 7.14. The average molecular weight is 538 g/mol. The van der Waals surface area contributed by atoms with Crippen molar-refractivity contribution < 1.29 is 9.59 Å². The van der Waals surface area contributed by atoms with Crippen molar-refractivity contribution in [3.05, 3.63) is 90.1 Å². The highest BCUT2D eigenvalue weighted by Gasteiger charge is 2.25. The number of ketones is 1. The third-order valence-corrected chi connectivity index (χ3v) is 7.53. The summed E-state index contributed by atoms with van der Waals surface area (Å²) in [4.78, 5) is 29.0. The molecular weight excluding hydrogens is 506 g/mol. The Morgan fingerprint density at radius 2 is 1.72 bits per heavy atom. The number of H-pyrrole nitrogens is 1. The number of carbonyl (C=O) groups is 2. The fraction of sp³-hybridized carbons (Fsp3) is 0.226. The number of aromatic nitrogens is 4. The van der Waals surface area contributed by atoms with Gasteiger partial charge in [-0.1, -0.05) is 62.9 Å². The molecule has 8 heteroatoms. The number of carbonyl (C=O) groups excluding carboxylic acids is 2. The minimum atomic E-state index is -0.502. The molecule has 0 radical (unpaired) electrons. The van der Waals surface area contributed by atoms with Crippen LogP contribution >= 0.6 is 11.8 Å². The van der Waals surface area contributed by atoms with Crippen LogP contribution in [-0.2, 0) is 4.79 Å². The number of amides is 1. The molecule has 0 spiro atoms. The number of aromatic amines is 1. The molecule has 1 atom stereocenters. The van der Waals surface area contributed by atoms with E-state index in [9.17, 15) is 9.59 Å². The molecule has 0 fully saturated rings. The highest BCUT2D eigenvalue weighted by Crippen LogP contribution is 2.34. The van der Waals surface area contributed by atoms with Crippen LogP contribution < -0.4 is 5.32 Å². The Morgan fingerprint density at radius 1 is 0.974 bits per heavy atom. The number of nitrogens with zero attached hydrogens (tertiary/aromatic N) is 3. The molecule has 1 unspecified atom stereocenters. The van der Waals surface area contributed by atoms with E-state index in [-0.39, 0.29) is 11.7 Å². The molecule has 0 aliphatic rings. The van der Waals surface area contributed by atoms with Crippen LogP contribution in [0.3, 0.4) is 0 Å². The number of hydrogen-bond acceptors (Lipinski definition) is 5. The topological polar surface area (TPSA) is 92.7 Å². The minimum Gasteiger partial charge on any atom is -0.360 e. The first-order valence-corrected chi connectivity index (χ1v) is 13.7. The number of thioether (sulfide) groups is 1. The van der Waals surface area contributed by atoms with E-state index in [2.05, 4.69) is 32.6 Å². The van der Waals surface area contributed by atoms with E-state index in [0.717, 1.165) is 27.7 Å². The molecule has 0 saturated heterocycles. The normalized spacial score (nSPS) is 12.4. The smallest absolute Gasteiger partial charge is 0.229 e. The van der Waals surface area contributed by atoms with Gasteiger partial charge in [0.25, 0.3) is 0 Å². The summed E-state index contributed by atoms with van der Waals surface area (Å²) in [7, 11) is 0. The number of aryl methyl sites for hydroxylation is 1. The summed E-state index contributed by atoms with van der Waals surface area (Å²) in [6.07, 6.45) is 1.95. The van der Waals surface area contributed by atoms with Gasteiger partial charge in [-0.25, -0.2) is 0 Å². The highest BCUT2D eigenvalue weighted by molar-refractivity contribution is 8.00. The van der Waals surface area contributed by atoms with Crippen LogP contribution in [0.4, 0.5) is 5.69 Å². The molecule has 0 aliphatic carbocycles. The number of Topliss-reactive ketones (excluding diaryl/α,β-unsaturated/α-hetero) is 1. The predicted molar refractivity (Wildman–Crippen MR) is 158 cm³/mol.